The molecule has 2 aromatic carbocycles. The third-order valence-electron chi connectivity index (χ3n) is 5.04. The van der Waals surface area contributed by atoms with Crippen LogP contribution in [0.25, 0.3) is 0 Å². The van der Waals surface area contributed by atoms with Crippen LogP contribution < -0.4 is 15.5 Å². The molecule has 0 spiro atoms. The van der Waals surface area contributed by atoms with Crippen LogP contribution in [0.2, 0.25) is 0 Å². The molecule has 6 nitrogen and oxygen atoms in total. The highest BCUT2D eigenvalue weighted by atomic mass is 127. The van der Waals surface area contributed by atoms with Gasteiger partial charge in [0.15, 0.2) is 5.96 Å². The van der Waals surface area contributed by atoms with Crippen LogP contribution in [0.5, 0.6) is 0 Å². The van der Waals surface area contributed by atoms with E-state index in [9.17, 15) is 4.79 Å². The fourth-order valence-corrected chi connectivity index (χ4v) is 3.37. The highest BCUT2D eigenvalue weighted by molar-refractivity contribution is 14.0. The molecule has 1 aliphatic heterocycles. The lowest BCUT2D eigenvalue weighted by Gasteiger charge is -2.16. The van der Waals surface area contributed by atoms with E-state index in [-0.39, 0.29) is 29.9 Å². The normalized spacial score (nSPS) is 13.8. The van der Waals surface area contributed by atoms with Crippen LogP contribution >= 0.6 is 24.0 Å². The fraction of sp³-hybridized carbons (Fsp3) is 0.417. The number of guanidine groups is 1. The van der Waals surface area contributed by atoms with Crippen molar-refractivity contribution in [1.29, 1.82) is 0 Å². The average Bonchev–Trinajstić information content (AvgIpc) is 3.21. The second-order valence-corrected chi connectivity index (χ2v) is 7.32. The topological polar surface area (TPSA) is 66.0 Å². The van der Waals surface area contributed by atoms with Gasteiger partial charge >= 0.3 is 0 Å². The van der Waals surface area contributed by atoms with Gasteiger partial charge in [-0.2, -0.15) is 0 Å². The summed E-state index contributed by atoms with van der Waals surface area (Å²) in [6.45, 7) is 8.34. The summed E-state index contributed by atoms with van der Waals surface area (Å²) in [5.74, 6) is 1.00. The molecule has 1 heterocycles. The van der Waals surface area contributed by atoms with Crippen molar-refractivity contribution in [2.24, 2.45) is 4.99 Å². The zero-order valence-electron chi connectivity index (χ0n) is 18.4. The van der Waals surface area contributed by atoms with E-state index in [1.807, 2.05) is 36.1 Å². The molecule has 0 aliphatic carbocycles. The molecule has 31 heavy (non-hydrogen) atoms. The number of carbonyl (C=O) groups excluding carboxylic acids is 1. The maximum Gasteiger partial charge on any atom is 0.227 e. The van der Waals surface area contributed by atoms with Gasteiger partial charge in [-0.3, -0.25) is 4.79 Å². The summed E-state index contributed by atoms with van der Waals surface area (Å²) in [6, 6.07) is 16.5. The van der Waals surface area contributed by atoms with Crippen molar-refractivity contribution in [3.8, 4) is 0 Å². The molecule has 0 radical (unpaired) electrons. The van der Waals surface area contributed by atoms with Crippen molar-refractivity contribution in [3.05, 3.63) is 65.2 Å². The minimum atomic E-state index is 0. The molecule has 7 heteroatoms. The Morgan fingerprint density at radius 2 is 1.68 bits per heavy atom. The summed E-state index contributed by atoms with van der Waals surface area (Å²) in [4.78, 5) is 18.4. The minimum absolute atomic E-state index is 0. The van der Waals surface area contributed by atoms with Crippen LogP contribution in [0.4, 0.5) is 5.69 Å². The number of aliphatic imine (C=N–C) groups is 1. The van der Waals surface area contributed by atoms with Gasteiger partial charge in [0.1, 0.15) is 0 Å². The largest absolute Gasteiger partial charge is 0.377 e. The minimum Gasteiger partial charge on any atom is -0.377 e. The smallest absolute Gasteiger partial charge is 0.227 e. The van der Waals surface area contributed by atoms with Crippen molar-refractivity contribution in [1.82, 2.24) is 10.6 Å². The number of rotatable bonds is 9. The number of carbonyl (C=O) groups is 1. The fourth-order valence-electron chi connectivity index (χ4n) is 3.37. The van der Waals surface area contributed by atoms with E-state index in [1.54, 1.807) is 0 Å². The third kappa shape index (κ3) is 7.81. The van der Waals surface area contributed by atoms with E-state index in [4.69, 9.17) is 9.73 Å². The van der Waals surface area contributed by atoms with Crippen molar-refractivity contribution < 1.29 is 9.53 Å². The van der Waals surface area contributed by atoms with Gasteiger partial charge < -0.3 is 20.3 Å². The number of benzene rings is 2. The predicted octanol–water partition coefficient (Wildman–Crippen LogP) is 4.22. The molecule has 0 atom stereocenters. The standard InChI is InChI=1S/C24H32N4O2.HI/c1-3-25-24(26-16-19-7-9-21(10-8-19)18-30-4-2)27-17-20-11-13-22(14-12-20)28-15-5-6-23(28)29;/h7-14H,3-6,15-18H2,1-2H3,(H2,25,26,27);1H. The number of hydrogen-bond acceptors (Lipinski definition) is 3. The van der Waals surface area contributed by atoms with E-state index in [0.717, 1.165) is 43.3 Å². The molecule has 2 N–H and O–H groups in total. The highest BCUT2D eigenvalue weighted by Gasteiger charge is 2.21. The second kappa shape index (κ2) is 13.3. The molecule has 3 rings (SSSR count). The molecule has 168 valence electrons. The lowest BCUT2D eigenvalue weighted by atomic mass is 10.1. The van der Waals surface area contributed by atoms with Crippen LogP contribution in [0.3, 0.4) is 0 Å². The van der Waals surface area contributed by atoms with Gasteiger partial charge in [0, 0.05) is 38.3 Å². The summed E-state index contributed by atoms with van der Waals surface area (Å²) in [5.41, 5.74) is 4.46. The summed E-state index contributed by atoms with van der Waals surface area (Å²) in [6.07, 6.45) is 1.59. The van der Waals surface area contributed by atoms with E-state index in [0.29, 0.717) is 26.1 Å². The Hall–Kier alpha value is -2.13. The number of hydrogen-bond donors (Lipinski definition) is 2. The Labute approximate surface area is 202 Å². The van der Waals surface area contributed by atoms with Crippen molar-refractivity contribution in [2.45, 2.75) is 46.4 Å². The summed E-state index contributed by atoms with van der Waals surface area (Å²) in [5, 5.41) is 6.68. The average molecular weight is 536 g/mol. The summed E-state index contributed by atoms with van der Waals surface area (Å²) < 4.78 is 5.44. The monoisotopic (exact) mass is 536 g/mol. The van der Waals surface area contributed by atoms with Crippen LogP contribution in [0.1, 0.15) is 43.4 Å². The first kappa shape index (κ1) is 25.1. The summed E-state index contributed by atoms with van der Waals surface area (Å²) >= 11 is 0. The summed E-state index contributed by atoms with van der Waals surface area (Å²) in [7, 11) is 0. The van der Waals surface area contributed by atoms with E-state index in [1.165, 1.54) is 11.1 Å². The zero-order chi connectivity index (χ0) is 21.2. The van der Waals surface area contributed by atoms with E-state index < -0.39 is 0 Å². The molecular formula is C24H33IN4O2. The number of nitrogens with one attached hydrogen (secondary N) is 2. The molecule has 0 aromatic heterocycles. The molecule has 1 amide bonds. The number of nitrogens with zero attached hydrogens (tertiary/aromatic N) is 2. The maximum absolute atomic E-state index is 11.9. The van der Waals surface area contributed by atoms with Gasteiger partial charge in [0.2, 0.25) is 5.91 Å². The van der Waals surface area contributed by atoms with Crippen LogP contribution in [-0.4, -0.2) is 31.6 Å². The number of anilines is 1. The molecule has 2 aromatic rings. The molecule has 0 unspecified atom stereocenters. The van der Waals surface area contributed by atoms with E-state index >= 15 is 0 Å². The molecule has 1 fully saturated rings. The first-order chi connectivity index (χ1) is 14.7. The van der Waals surface area contributed by atoms with Gasteiger partial charge in [-0.25, -0.2) is 4.99 Å². The Bertz CT molecular complexity index is 838. The SMILES string of the molecule is CCNC(=NCc1ccc(N2CCCC2=O)cc1)NCc1ccc(COCC)cc1.I. The Balaban J connectivity index is 0.00000341. The van der Waals surface area contributed by atoms with Crippen LogP contribution in [0.15, 0.2) is 53.5 Å². The Morgan fingerprint density at radius 3 is 2.29 bits per heavy atom. The van der Waals surface area contributed by atoms with Gasteiger partial charge in [-0.15, -0.1) is 24.0 Å². The van der Waals surface area contributed by atoms with Gasteiger partial charge in [0.05, 0.1) is 13.2 Å². The molecular weight excluding hydrogens is 503 g/mol. The Morgan fingerprint density at radius 1 is 1.00 bits per heavy atom. The maximum atomic E-state index is 11.9. The lowest BCUT2D eigenvalue weighted by Crippen LogP contribution is -2.36. The van der Waals surface area contributed by atoms with E-state index in [2.05, 4.69) is 41.8 Å². The van der Waals surface area contributed by atoms with Crippen molar-refractivity contribution >= 4 is 41.5 Å². The first-order valence-electron chi connectivity index (χ1n) is 10.8. The van der Waals surface area contributed by atoms with Gasteiger partial charge in [-0.1, -0.05) is 36.4 Å². The zero-order valence-corrected chi connectivity index (χ0v) is 20.7. The van der Waals surface area contributed by atoms with Crippen LogP contribution in [-0.2, 0) is 29.2 Å². The third-order valence-corrected chi connectivity index (χ3v) is 5.04. The number of halogens is 1. The first-order valence-corrected chi connectivity index (χ1v) is 10.8. The molecule has 0 bridgehead atoms. The number of amides is 1. The second-order valence-electron chi connectivity index (χ2n) is 7.32. The van der Waals surface area contributed by atoms with Crippen molar-refractivity contribution in [2.75, 3.05) is 24.6 Å². The Kier molecular flexibility index (Phi) is 10.8. The van der Waals surface area contributed by atoms with Crippen molar-refractivity contribution in [3.63, 3.8) is 0 Å². The van der Waals surface area contributed by atoms with Gasteiger partial charge in [-0.05, 0) is 49.1 Å². The van der Waals surface area contributed by atoms with Gasteiger partial charge in [0.25, 0.3) is 0 Å². The molecule has 0 saturated carbocycles. The lowest BCUT2D eigenvalue weighted by molar-refractivity contribution is -0.117. The number of ether oxygens (including phenoxy) is 1. The van der Waals surface area contributed by atoms with Crippen LogP contribution in [0, 0.1) is 0 Å². The quantitative estimate of drug-likeness (QED) is 0.286. The molecule has 1 saturated heterocycles. The molecule has 1 aliphatic rings. The predicted molar refractivity (Wildman–Crippen MR) is 137 cm³/mol. The highest BCUT2D eigenvalue weighted by Crippen LogP contribution is 2.21.